The molecule has 16 heavy (non-hydrogen) atoms. The van der Waals surface area contributed by atoms with Gasteiger partial charge in [-0.05, 0) is 12.1 Å². The highest BCUT2D eigenvalue weighted by atomic mass is 31.2. The van der Waals surface area contributed by atoms with Crippen LogP contribution in [-0.2, 0) is 0 Å². The van der Waals surface area contributed by atoms with Crippen LogP contribution in [0.3, 0.4) is 0 Å². The zero-order valence-electron chi connectivity index (χ0n) is 8.53. The zero-order chi connectivity index (χ0) is 11.0. The number of fused-ring (bicyclic) bond motifs is 3. The Morgan fingerprint density at radius 3 is 1.69 bits per heavy atom. The molecule has 1 aliphatic rings. The normalized spacial score (nSPS) is 14.1. The molecule has 0 atom stereocenters. The van der Waals surface area contributed by atoms with Gasteiger partial charge in [0, 0.05) is 11.1 Å². The highest BCUT2D eigenvalue weighted by molar-refractivity contribution is 7.53. The number of hydrogen-bond donors (Lipinski definition) is 2. The van der Waals surface area contributed by atoms with Gasteiger partial charge in [-0.1, -0.05) is 36.4 Å². The summed E-state index contributed by atoms with van der Waals surface area (Å²) in [5.41, 5.74) is 4.01. The number of benzene rings is 2. The topological polar surface area (TPSA) is 47.1 Å². The van der Waals surface area contributed by atoms with E-state index in [-0.39, 0.29) is 0 Å². The first-order valence-corrected chi connectivity index (χ1v) is 6.52. The van der Waals surface area contributed by atoms with Gasteiger partial charge in [0.1, 0.15) is 8.45 Å². The predicted octanol–water partition coefficient (Wildman–Crippen LogP) is 2.51. The molecule has 3 rings (SSSR count). The molecule has 0 spiro atoms. The maximum Gasteiger partial charge on any atom is 0.133 e. The highest BCUT2D eigenvalue weighted by Gasteiger charge is 2.17. The molecule has 0 fully saturated rings. The van der Waals surface area contributed by atoms with Gasteiger partial charge in [0.2, 0.25) is 0 Å². The van der Waals surface area contributed by atoms with Crippen LogP contribution < -0.4 is 15.1 Å². The third-order valence-electron chi connectivity index (χ3n) is 2.64. The summed E-state index contributed by atoms with van der Waals surface area (Å²) in [5.74, 6) is 0. The lowest BCUT2D eigenvalue weighted by molar-refractivity contribution is -0.156. The molecule has 80 valence electrons. The maximum atomic E-state index is 11.8. The fourth-order valence-corrected chi connectivity index (χ4v) is 2.92. The highest BCUT2D eigenvalue weighted by Crippen LogP contribution is 2.43. The van der Waals surface area contributed by atoms with Crippen molar-refractivity contribution in [3.63, 3.8) is 0 Å². The molecule has 0 unspecified atom stereocenters. The van der Waals surface area contributed by atoms with Crippen LogP contribution in [0.15, 0.2) is 48.5 Å². The Kier molecular flexibility index (Phi) is 2.28. The van der Waals surface area contributed by atoms with Crippen molar-refractivity contribution in [2.75, 3.05) is 10.2 Å². The van der Waals surface area contributed by atoms with E-state index >= 15 is 0 Å². The summed E-state index contributed by atoms with van der Waals surface area (Å²) in [6, 6.07) is 15.8. The van der Waals surface area contributed by atoms with Crippen molar-refractivity contribution >= 4 is 19.8 Å². The quantitative estimate of drug-likeness (QED) is 0.683. The number of hydrogen-bond acceptors (Lipinski definition) is 3. The second-order valence-electron chi connectivity index (χ2n) is 3.67. The molecule has 2 aromatic carbocycles. The van der Waals surface area contributed by atoms with Gasteiger partial charge in [-0.2, -0.15) is 0 Å². The smallest absolute Gasteiger partial charge is 0.133 e. The van der Waals surface area contributed by atoms with Crippen LogP contribution in [0.1, 0.15) is 0 Å². The van der Waals surface area contributed by atoms with Crippen molar-refractivity contribution in [2.45, 2.75) is 0 Å². The average Bonchev–Trinajstić information content (AvgIpc) is 2.44. The molecule has 0 aromatic heterocycles. The Bertz CT molecular complexity index is 482. The monoisotopic (exact) mass is 230 g/mol. The molecule has 2 aromatic rings. The molecule has 0 amide bonds. The van der Waals surface area contributed by atoms with Crippen molar-refractivity contribution < 1.29 is 4.89 Å². The Hall–Kier alpha value is -1.57. The van der Waals surface area contributed by atoms with Crippen LogP contribution >= 0.6 is 8.45 Å². The molecule has 1 aliphatic heterocycles. The Balaban J connectivity index is 2.26. The molecule has 0 bridgehead atoms. The van der Waals surface area contributed by atoms with E-state index in [9.17, 15) is 4.89 Å². The first-order valence-electron chi connectivity index (χ1n) is 5.11. The summed E-state index contributed by atoms with van der Waals surface area (Å²) < 4.78 is 0. The lowest BCUT2D eigenvalue weighted by Gasteiger charge is -2.13. The van der Waals surface area contributed by atoms with Crippen molar-refractivity contribution in [1.82, 2.24) is 0 Å². The van der Waals surface area contributed by atoms with Crippen LogP contribution in [-0.4, -0.2) is 0 Å². The molecule has 1 heterocycles. The van der Waals surface area contributed by atoms with E-state index in [2.05, 4.69) is 10.2 Å². The van der Waals surface area contributed by atoms with Gasteiger partial charge in [-0.15, -0.1) is 0 Å². The maximum absolute atomic E-state index is 11.8. The number of rotatable bonds is 0. The lowest BCUT2D eigenvalue weighted by Crippen LogP contribution is -2.10. The number of anilines is 2. The molecular weight excluding hydrogens is 219 g/mol. The van der Waals surface area contributed by atoms with E-state index in [4.69, 9.17) is 0 Å². The third-order valence-corrected chi connectivity index (χ3v) is 3.63. The van der Waals surface area contributed by atoms with Gasteiger partial charge in [-0.3, -0.25) is 0 Å². The molecule has 2 N–H and O–H groups in total. The molecule has 4 heteroatoms. The summed E-state index contributed by atoms with van der Waals surface area (Å²) in [4.78, 5) is 11.8. The second-order valence-corrected chi connectivity index (χ2v) is 4.83. The summed E-state index contributed by atoms with van der Waals surface area (Å²) in [7, 11) is -2.00. The molecule has 0 saturated heterocycles. The van der Waals surface area contributed by atoms with Crippen LogP contribution in [0, 0.1) is 0 Å². The molecule has 0 radical (unpaired) electrons. The predicted molar refractivity (Wildman–Crippen MR) is 67.4 cm³/mol. The Labute approximate surface area is 95.1 Å². The summed E-state index contributed by atoms with van der Waals surface area (Å²) in [5, 5.41) is 6.01. The summed E-state index contributed by atoms with van der Waals surface area (Å²) in [6.07, 6.45) is 0. The van der Waals surface area contributed by atoms with Crippen molar-refractivity contribution in [2.24, 2.45) is 0 Å². The van der Waals surface area contributed by atoms with Gasteiger partial charge in [0.15, 0.2) is 0 Å². The van der Waals surface area contributed by atoms with Gasteiger partial charge in [-0.25, -0.2) is 10.2 Å². The molecule has 3 nitrogen and oxygen atoms in total. The molecular formula is C12H11N2OP. The van der Waals surface area contributed by atoms with Crippen molar-refractivity contribution in [3.05, 3.63) is 48.5 Å². The minimum Gasteiger partial charge on any atom is -0.645 e. The minimum atomic E-state index is -2.00. The third kappa shape index (κ3) is 1.54. The lowest BCUT2D eigenvalue weighted by atomic mass is 10.0. The first-order chi connectivity index (χ1) is 7.84. The van der Waals surface area contributed by atoms with E-state index in [1.807, 2.05) is 48.5 Å². The van der Waals surface area contributed by atoms with Crippen molar-refractivity contribution in [1.29, 1.82) is 0 Å². The number of para-hydroxylation sites is 2. The SMILES string of the molecule is [O-][PH+]1Nc2ccccc2-c2ccccc2N1. The Morgan fingerprint density at radius 1 is 0.750 bits per heavy atom. The van der Waals surface area contributed by atoms with Crippen LogP contribution in [0.4, 0.5) is 11.4 Å². The molecule has 0 saturated carbocycles. The first kappa shape index (κ1) is 9.64. The van der Waals surface area contributed by atoms with Gasteiger partial charge in [0.25, 0.3) is 0 Å². The van der Waals surface area contributed by atoms with Gasteiger partial charge in [0.05, 0.1) is 11.4 Å². The van der Waals surface area contributed by atoms with E-state index in [1.54, 1.807) is 0 Å². The summed E-state index contributed by atoms with van der Waals surface area (Å²) >= 11 is 0. The van der Waals surface area contributed by atoms with E-state index < -0.39 is 8.45 Å². The van der Waals surface area contributed by atoms with Crippen LogP contribution in [0.2, 0.25) is 0 Å². The van der Waals surface area contributed by atoms with E-state index in [0.29, 0.717) is 0 Å². The van der Waals surface area contributed by atoms with Crippen LogP contribution in [0.25, 0.3) is 11.1 Å². The fourth-order valence-electron chi connectivity index (χ4n) is 1.93. The standard InChI is InChI=1S/C12H11N2OP/c15-16-13-11-7-3-1-5-9(11)10-6-2-4-8-12(10)14-16/h1-8,13-14,16H. The number of nitrogens with one attached hydrogen (secondary N) is 2. The second kappa shape index (κ2) is 3.78. The van der Waals surface area contributed by atoms with Crippen LogP contribution in [0.5, 0.6) is 0 Å². The van der Waals surface area contributed by atoms with Gasteiger partial charge >= 0.3 is 0 Å². The zero-order valence-corrected chi connectivity index (χ0v) is 9.53. The van der Waals surface area contributed by atoms with Gasteiger partial charge < -0.3 is 4.89 Å². The minimum absolute atomic E-state index is 0.920. The van der Waals surface area contributed by atoms with E-state index in [1.165, 1.54) is 0 Å². The van der Waals surface area contributed by atoms with E-state index in [0.717, 1.165) is 22.5 Å². The molecule has 0 aliphatic carbocycles. The largest absolute Gasteiger partial charge is 0.645 e. The summed E-state index contributed by atoms with van der Waals surface area (Å²) in [6.45, 7) is 0. The van der Waals surface area contributed by atoms with Crippen molar-refractivity contribution in [3.8, 4) is 11.1 Å². The average molecular weight is 230 g/mol. The Morgan fingerprint density at radius 2 is 1.19 bits per heavy atom. The fraction of sp³-hybridized carbons (Fsp3) is 0.